The third-order valence-corrected chi connectivity index (χ3v) is 5.91. The largest absolute Gasteiger partial charge is 0.369 e. The minimum absolute atomic E-state index is 0.0500. The molecule has 1 atom stereocenters. The van der Waals surface area contributed by atoms with Gasteiger partial charge in [0.05, 0.1) is 0 Å². The lowest BCUT2D eigenvalue weighted by molar-refractivity contribution is 0.424. The summed E-state index contributed by atoms with van der Waals surface area (Å²) in [7, 11) is -3.58. The van der Waals surface area contributed by atoms with E-state index in [2.05, 4.69) is 31.0 Å². The molecule has 0 amide bonds. The molecule has 0 saturated heterocycles. The van der Waals surface area contributed by atoms with Gasteiger partial charge < -0.3 is 5.32 Å². The Morgan fingerprint density at radius 1 is 1.43 bits per heavy atom. The molecule has 1 aliphatic carbocycles. The Balaban J connectivity index is 2.23. The van der Waals surface area contributed by atoms with E-state index in [9.17, 15) is 8.42 Å². The molecular formula is C14H22BrN3O2S. The van der Waals surface area contributed by atoms with E-state index in [4.69, 9.17) is 0 Å². The lowest BCUT2D eigenvalue weighted by Gasteiger charge is -2.21. The standard InChI is InChI=1S/C14H22BrN3O2S/c1-3-16-14-13(8-12(15)9-17-14)21(19,20)18-10(2)11-6-4-5-7-11/h8-11,18H,3-7H2,1-2H3,(H,16,17). The first-order valence-corrected chi connectivity index (χ1v) is 9.63. The Morgan fingerprint density at radius 2 is 2.10 bits per heavy atom. The van der Waals surface area contributed by atoms with Gasteiger partial charge in [-0.15, -0.1) is 0 Å². The maximum atomic E-state index is 12.6. The molecule has 7 heteroatoms. The van der Waals surface area contributed by atoms with Crippen molar-refractivity contribution in [1.82, 2.24) is 9.71 Å². The lowest BCUT2D eigenvalue weighted by atomic mass is 10.0. The van der Waals surface area contributed by atoms with Gasteiger partial charge in [0.15, 0.2) is 0 Å². The van der Waals surface area contributed by atoms with Crippen LogP contribution in [0.2, 0.25) is 0 Å². The van der Waals surface area contributed by atoms with E-state index in [-0.39, 0.29) is 10.9 Å². The van der Waals surface area contributed by atoms with Gasteiger partial charge in [0.25, 0.3) is 0 Å². The molecule has 1 aliphatic rings. The van der Waals surface area contributed by atoms with Crippen molar-refractivity contribution in [3.63, 3.8) is 0 Å². The van der Waals surface area contributed by atoms with Crippen LogP contribution in [0.4, 0.5) is 5.82 Å². The number of hydrogen-bond acceptors (Lipinski definition) is 4. The van der Waals surface area contributed by atoms with Crippen LogP contribution in [0.15, 0.2) is 21.6 Å². The molecular weight excluding hydrogens is 354 g/mol. The van der Waals surface area contributed by atoms with Gasteiger partial charge in [-0.3, -0.25) is 0 Å². The minimum atomic E-state index is -3.58. The first-order chi connectivity index (χ1) is 9.94. The molecule has 1 heterocycles. The highest BCUT2D eigenvalue weighted by molar-refractivity contribution is 9.10. The predicted octanol–water partition coefficient (Wildman–Crippen LogP) is 3.13. The highest BCUT2D eigenvalue weighted by Gasteiger charge is 2.28. The summed E-state index contributed by atoms with van der Waals surface area (Å²) in [5.41, 5.74) is 0. The molecule has 21 heavy (non-hydrogen) atoms. The Labute approximate surface area is 135 Å². The average molecular weight is 376 g/mol. The number of aromatic nitrogens is 1. The molecule has 118 valence electrons. The van der Waals surface area contributed by atoms with E-state index in [0.29, 0.717) is 22.8 Å². The summed E-state index contributed by atoms with van der Waals surface area (Å²) in [6, 6.07) is 1.54. The number of sulfonamides is 1. The number of pyridine rings is 1. The Bertz CT molecular complexity index is 586. The summed E-state index contributed by atoms with van der Waals surface area (Å²) in [4.78, 5) is 4.36. The lowest BCUT2D eigenvalue weighted by Crippen LogP contribution is -2.37. The second-order valence-electron chi connectivity index (χ2n) is 5.49. The van der Waals surface area contributed by atoms with Crippen molar-refractivity contribution in [3.8, 4) is 0 Å². The summed E-state index contributed by atoms with van der Waals surface area (Å²) >= 11 is 3.29. The monoisotopic (exact) mass is 375 g/mol. The number of rotatable bonds is 6. The normalized spacial score (nSPS) is 17.9. The summed E-state index contributed by atoms with van der Waals surface area (Å²) in [6.07, 6.45) is 6.17. The third kappa shape index (κ3) is 4.17. The second-order valence-corrected chi connectivity index (χ2v) is 8.08. The first-order valence-electron chi connectivity index (χ1n) is 7.35. The summed E-state index contributed by atoms with van der Waals surface area (Å²) in [6.45, 7) is 4.48. The van der Waals surface area contributed by atoms with Crippen molar-refractivity contribution in [2.45, 2.75) is 50.5 Å². The van der Waals surface area contributed by atoms with Crippen molar-refractivity contribution < 1.29 is 8.42 Å². The van der Waals surface area contributed by atoms with Crippen molar-refractivity contribution in [2.24, 2.45) is 5.92 Å². The van der Waals surface area contributed by atoms with Gasteiger partial charge in [0.1, 0.15) is 10.7 Å². The second kappa shape index (κ2) is 7.07. The van der Waals surface area contributed by atoms with Gasteiger partial charge in [-0.1, -0.05) is 12.8 Å². The van der Waals surface area contributed by atoms with Crippen molar-refractivity contribution >= 4 is 31.8 Å². The van der Waals surface area contributed by atoms with Crippen LogP contribution < -0.4 is 10.0 Å². The molecule has 2 rings (SSSR count). The van der Waals surface area contributed by atoms with E-state index >= 15 is 0 Å². The van der Waals surface area contributed by atoms with Crippen molar-refractivity contribution in [3.05, 3.63) is 16.7 Å². The minimum Gasteiger partial charge on any atom is -0.369 e. The SMILES string of the molecule is CCNc1ncc(Br)cc1S(=O)(=O)NC(C)C1CCCC1. The maximum Gasteiger partial charge on any atom is 0.244 e. The molecule has 1 aromatic heterocycles. The quantitative estimate of drug-likeness (QED) is 0.800. The van der Waals surface area contributed by atoms with E-state index < -0.39 is 10.0 Å². The molecule has 1 unspecified atom stereocenters. The molecule has 0 aliphatic heterocycles. The number of anilines is 1. The smallest absolute Gasteiger partial charge is 0.244 e. The highest BCUT2D eigenvalue weighted by Crippen LogP contribution is 2.29. The summed E-state index contributed by atoms with van der Waals surface area (Å²) in [5.74, 6) is 0.828. The van der Waals surface area contributed by atoms with E-state index in [0.717, 1.165) is 12.8 Å². The predicted molar refractivity (Wildman–Crippen MR) is 87.8 cm³/mol. The van der Waals surface area contributed by atoms with Crippen LogP contribution in [0.1, 0.15) is 39.5 Å². The maximum absolute atomic E-state index is 12.6. The van der Waals surface area contributed by atoms with Crippen LogP contribution in [0.3, 0.4) is 0 Å². The Morgan fingerprint density at radius 3 is 2.71 bits per heavy atom. The third-order valence-electron chi connectivity index (χ3n) is 3.90. The Kier molecular flexibility index (Phi) is 5.62. The summed E-state index contributed by atoms with van der Waals surface area (Å²) in [5, 5.41) is 3.00. The van der Waals surface area contributed by atoms with E-state index in [1.165, 1.54) is 12.8 Å². The van der Waals surface area contributed by atoms with Gasteiger partial charge in [-0.2, -0.15) is 0 Å². The van der Waals surface area contributed by atoms with Gasteiger partial charge in [-0.25, -0.2) is 18.1 Å². The molecule has 1 saturated carbocycles. The van der Waals surface area contributed by atoms with Crippen LogP contribution in [0.5, 0.6) is 0 Å². The zero-order chi connectivity index (χ0) is 15.5. The molecule has 0 spiro atoms. The molecule has 0 bridgehead atoms. The fourth-order valence-electron chi connectivity index (χ4n) is 2.79. The van der Waals surface area contributed by atoms with Crippen molar-refractivity contribution in [1.29, 1.82) is 0 Å². The topological polar surface area (TPSA) is 71.1 Å². The number of hydrogen-bond donors (Lipinski definition) is 2. The number of halogens is 1. The van der Waals surface area contributed by atoms with Crippen molar-refractivity contribution in [2.75, 3.05) is 11.9 Å². The van der Waals surface area contributed by atoms with Gasteiger partial charge in [0, 0.05) is 23.3 Å². The van der Waals surface area contributed by atoms with E-state index in [1.54, 1.807) is 12.3 Å². The number of nitrogens with zero attached hydrogens (tertiary/aromatic N) is 1. The Hall–Kier alpha value is -0.660. The molecule has 1 aromatic rings. The van der Waals surface area contributed by atoms with E-state index in [1.807, 2.05) is 13.8 Å². The molecule has 1 fully saturated rings. The van der Waals surface area contributed by atoms with Crippen LogP contribution in [0.25, 0.3) is 0 Å². The zero-order valence-corrected chi connectivity index (χ0v) is 14.8. The average Bonchev–Trinajstić information content (AvgIpc) is 2.94. The fraction of sp³-hybridized carbons (Fsp3) is 0.643. The van der Waals surface area contributed by atoms with Gasteiger partial charge in [0.2, 0.25) is 10.0 Å². The van der Waals surface area contributed by atoms with Crippen LogP contribution in [0, 0.1) is 5.92 Å². The van der Waals surface area contributed by atoms with Crippen LogP contribution >= 0.6 is 15.9 Å². The molecule has 2 N–H and O–H groups in total. The summed E-state index contributed by atoms with van der Waals surface area (Å²) < 4.78 is 28.7. The van der Waals surface area contributed by atoms with Crippen LogP contribution in [-0.4, -0.2) is 26.0 Å². The fourth-order valence-corrected chi connectivity index (χ4v) is 4.74. The highest BCUT2D eigenvalue weighted by atomic mass is 79.9. The van der Waals surface area contributed by atoms with Gasteiger partial charge in [-0.05, 0) is 54.6 Å². The van der Waals surface area contributed by atoms with Gasteiger partial charge >= 0.3 is 0 Å². The molecule has 0 radical (unpaired) electrons. The molecule has 0 aromatic carbocycles. The number of nitrogens with one attached hydrogen (secondary N) is 2. The zero-order valence-electron chi connectivity index (χ0n) is 12.4. The van der Waals surface area contributed by atoms with Crippen LogP contribution in [-0.2, 0) is 10.0 Å². The molecule has 5 nitrogen and oxygen atoms in total. The first kappa shape index (κ1) is 16.7.